The highest BCUT2D eigenvalue weighted by Crippen LogP contribution is 2.08. The number of urea groups is 1. The van der Waals surface area contributed by atoms with Gasteiger partial charge in [-0.25, -0.2) is 9.59 Å². The van der Waals surface area contributed by atoms with Gasteiger partial charge in [-0.05, 0) is 12.2 Å². The highest BCUT2D eigenvalue weighted by molar-refractivity contribution is 7.99. The first kappa shape index (κ1) is 16.1. The number of amides is 2. The minimum Gasteiger partial charge on any atom is -0.480 e. The molecule has 0 fully saturated rings. The summed E-state index contributed by atoms with van der Waals surface area (Å²) >= 11 is 1.64. The molecule has 0 rings (SSSR count). The fourth-order valence-electron chi connectivity index (χ4n) is 1.20. The number of carbonyl (C=O) groups is 2. The minimum absolute atomic E-state index is 0.0868. The van der Waals surface area contributed by atoms with E-state index in [4.69, 9.17) is 5.11 Å². The van der Waals surface area contributed by atoms with Crippen molar-refractivity contribution >= 4 is 23.8 Å². The van der Waals surface area contributed by atoms with Crippen molar-refractivity contribution in [2.75, 3.05) is 12.8 Å². The molecule has 2 amide bonds. The number of thioether (sulfide) groups is 1. The van der Waals surface area contributed by atoms with E-state index in [1.165, 1.54) is 0 Å². The van der Waals surface area contributed by atoms with E-state index in [0.29, 0.717) is 18.2 Å². The summed E-state index contributed by atoms with van der Waals surface area (Å²) in [4.78, 5) is 22.5. The Morgan fingerprint density at radius 1 is 1.35 bits per heavy atom. The Kier molecular flexibility index (Phi) is 7.78. The van der Waals surface area contributed by atoms with Gasteiger partial charge < -0.3 is 15.7 Å². The molecule has 0 saturated heterocycles. The van der Waals surface area contributed by atoms with E-state index in [1.54, 1.807) is 11.8 Å². The summed E-state index contributed by atoms with van der Waals surface area (Å²) in [5.41, 5.74) is 0. The molecule has 17 heavy (non-hydrogen) atoms. The van der Waals surface area contributed by atoms with E-state index in [9.17, 15) is 9.59 Å². The Bertz CT molecular complexity index is 261. The normalized spacial score (nSPS) is 15.8. The van der Waals surface area contributed by atoms with Gasteiger partial charge in [0.1, 0.15) is 6.04 Å². The van der Waals surface area contributed by atoms with Crippen molar-refractivity contribution in [3.05, 3.63) is 0 Å². The zero-order valence-electron chi connectivity index (χ0n) is 10.8. The second kappa shape index (κ2) is 8.22. The maximum atomic E-state index is 11.5. The topological polar surface area (TPSA) is 78.4 Å². The van der Waals surface area contributed by atoms with Gasteiger partial charge in [-0.2, -0.15) is 11.8 Å². The molecule has 3 atom stereocenters. The lowest BCUT2D eigenvalue weighted by Gasteiger charge is -2.20. The van der Waals surface area contributed by atoms with Crippen molar-refractivity contribution in [2.45, 2.75) is 38.5 Å². The number of carboxylic acids is 1. The summed E-state index contributed by atoms with van der Waals surface area (Å²) < 4.78 is 0. The van der Waals surface area contributed by atoms with E-state index in [1.807, 2.05) is 27.0 Å². The predicted octanol–water partition coefficient (Wildman–Crippen LogP) is 1.54. The van der Waals surface area contributed by atoms with Crippen LogP contribution < -0.4 is 10.6 Å². The van der Waals surface area contributed by atoms with Gasteiger partial charge in [0.2, 0.25) is 0 Å². The van der Waals surface area contributed by atoms with Gasteiger partial charge in [-0.1, -0.05) is 27.2 Å². The number of hydrogen-bond acceptors (Lipinski definition) is 3. The molecule has 0 spiro atoms. The van der Waals surface area contributed by atoms with Gasteiger partial charge in [-0.15, -0.1) is 0 Å². The minimum atomic E-state index is -0.993. The van der Waals surface area contributed by atoms with Crippen LogP contribution in [0, 0.1) is 5.92 Å². The molecule has 0 aliphatic heterocycles. The van der Waals surface area contributed by atoms with Crippen LogP contribution in [0.15, 0.2) is 0 Å². The maximum Gasteiger partial charge on any atom is 0.326 e. The second-order valence-corrected chi connectivity index (χ2v) is 5.38. The van der Waals surface area contributed by atoms with Gasteiger partial charge in [0.25, 0.3) is 0 Å². The Balaban J connectivity index is 4.18. The third-order valence-corrected chi connectivity index (χ3v) is 3.69. The average Bonchev–Trinajstić information content (AvgIpc) is 2.31. The number of aliphatic carboxylic acids is 1. The number of carbonyl (C=O) groups excluding carboxylic acids is 1. The molecule has 0 aromatic rings. The maximum absolute atomic E-state index is 11.5. The molecular formula is C11H22N2O3S. The molecule has 0 saturated carbocycles. The first-order valence-corrected chi connectivity index (χ1v) is 7.01. The molecule has 5 nitrogen and oxygen atoms in total. The molecule has 6 heteroatoms. The van der Waals surface area contributed by atoms with Crippen molar-refractivity contribution in [2.24, 2.45) is 5.92 Å². The van der Waals surface area contributed by atoms with Gasteiger partial charge in [0.05, 0.1) is 0 Å². The Morgan fingerprint density at radius 2 is 1.94 bits per heavy atom. The lowest BCUT2D eigenvalue weighted by atomic mass is 9.99. The summed E-state index contributed by atoms with van der Waals surface area (Å²) in [7, 11) is 0. The summed E-state index contributed by atoms with van der Waals surface area (Å²) in [6, 6.07) is -1.25. The van der Waals surface area contributed by atoms with Crippen LogP contribution in [0.1, 0.15) is 27.2 Å². The van der Waals surface area contributed by atoms with Crippen molar-refractivity contribution in [1.29, 1.82) is 0 Å². The van der Waals surface area contributed by atoms with E-state index in [2.05, 4.69) is 10.6 Å². The molecular weight excluding hydrogens is 240 g/mol. The lowest BCUT2D eigenvalue weighted by Crippen LogP contribution is -2.49. The quantitative estimate of drug-likeness (QED) is 0.650. The predicted molar refractivity (Wildman–Crippen MR) is 70.4 cm³/mol. The second-order valence-electron chi connectivity index (χ2n) is 4.10. The molecule has 0 heterocycles. The number of hydrogen-bond donors (Lipinski definition) is 3. The highest BCUT2D eigenvalue weighted by Gasteiger charge is 2.25. The average molecular weight is 262 g/mol. The summed E-state index contributed by atoms with van der Waals surface area (Å²) in [5.74, 6) is -1.08. The van der Waals surface area contributed by atoms with Gasteiger partial charge in [0, 0.05) is 11.8 Å². The first-order chi connectivity index (χ1) is 7.92. The SMILES string of the molecule is CCC(C)[C@H](NC(=O)NCC(C)SC)C(=O)O. The van der Waals surface area contributed by atoms with E-state index in [0.717, 1.165) is 0 Å². The fourth-order valence-corrected chi connectivity index (χ4v) is 1.45. The molecule has 0 aliphatic rings. The largest absolute Gasteiger partial charge is 0.480 e. The molecule has 0 aromatic heterocycles. The Hall–Kier alpha value is -0.910. The Labute approximate surface area is 107 Å². The van der Waals surface area contributed by atoms with Crippen LogP contribution in [-0.2, 0) is 4.79 Å². The fraction of sp³-hybridized carbons (Fsp3) is 0.818. The van der Waals surface area contributed by atoms with Crippen LogP contribution in [-0.4, -0.2) is 41.2 Å². The third-order valence-electron chi connectivity index (χ3n) is 2.72. The van der Waals surface area contributed by atoms with E-state index < -0.39 is 18.0 Å². The summed E-state index contributed by atoms with van der Waals surface area (Å²) in [6.07, 6.45) is 2.67. The zero-order chi connectivity index (χ0) is 13.4. The molecule has 0 radical (unpaired) electrons. The van der Waals surface area contributed by atoms with Crippen LogP contribution in [0.25, 0.3) is 0 Å². The van der Waals surface area contributed by atoms with E-state index in [-0.39, 0.29) is 5.92 Å². The van der Waals surface area contributed by atoms with Gasteiger partial charge >= 0.3 is 12.0 Å². The monoisotopic (exact) mass is 262 g/mol. The van der Waals surface area contributed by atoms with Crippen molar-refractivity contribution in [3.8, 4) is 0 Å². The number of nitrogens with one attached hydrogen (secondary N) is 2. The van der Waals surface area contributed by atoms with Crippen molar-refractivity contribution in [1.82, 2.24) is 10.6 Å². The van der Waals surface area contributed by atoms with Crippen LogP contribution in [0.3, 0.4) is 0 Å². The summed E-state index contributed by atoms with van der Waals surface area (Å²) in [5, 5.41) is 14.5. The van der Waals surface area contributed by atoms with E-state index >= 15 is 0 Å². The van der Waals surface area contributed by atoms with Crippen LogP contribution in [0.4, 0.5) is 4.79 Å². The molecule has 0 aliphatic carbocycles. The van der Waals surface area contributed by atoms with Gasteiger partial charge in [-0.3, -0.25) is 0 Å². The lowest BCUT2D eigenvalue weighted by molar-refractivity contribution is -0.140. The standard InChI is InChI=1S/C11H22N2O3S/c1-5-7(2)9(10(14)15)13-11(16)12-6-8(3)17-4/h7-9H,5-6H2,1-4H3,(H,14,15)(H2,12,13,16)/t7?,8?,9-/m0/s1. The van der Waals surface area contributed by atoms with Crippen LogP contribution in [0.5, 0.6) is 0 Å². The van der Waals surface area contributed by atoms with Crippen LogP contribution >= 0.6 is 11.8 Å². The number of carboxylic acid groups (broad SMARTS) is 1. The third kappa shape index (κ3) is 6.41. The van der Waals surface area contributed by atoms with Crippen molar-refractivity contribution in [3.63, 3.8) is 0 Å². The first-order valence-electron chi connectivity index (χ1n) is 5.72. The molecule has 3 N–H and O–H groups in total. The van der Waals surface area contributed by atoms with Gasteiger partial charge in [0.15, 0.2) is 0 Å². The zero-order valence-corrected chi connectivity index (χ0v) is 11.6. The smallest absolute Gasteiger partial charge is 0.326 e. The molecule has 100 valence electrons. The highest BCUT2D eigenvalue weighted by atomic mass is 32.2. The molecule has 2 unspecified atom stereocenters. The van der Waals surface area contributed by atoms with Crippen molar-refractivity contribution < 1.29 is 14.7 Å². The Morgan fingerprint density at radius 3 is 2.35 bits per heavy atom. The molecule has 0 aromatic carbocycles. The number of rotatable bonds is 7. The molecule has 0 bridgehead atoms. The summed E-state index contributed by atoms with van der Waals surface area (Å²) in [6.45, 7) is 6.23. The van der Waals surface area contributed by atoms with Crippen LogP contribution in [0.2, 0.25) is 0 Å².